The van der Waals surface area contributed by atoms with Crippen LogP contribution in [-0.4, -0.2) is 54.8 Å². The van der Waals surface area contributed by atoms with Crippen molar-refractivity contribution in [1.82, 2.24) is 14.9 Å². The Labute approximate surface area is 195 Å². The summed E-state index contributed by atoms with van der Waals surface area (Å²) in [6.45, 7) is 2.82. The highest BCUT2D eigenvalue weighted by Crippen LogP contribution is 2.34. The number of likely N-dealkylation sites (tertiary alicyclic amines) is 1. The highest BCUT2D eigenvalue weighted by atomic mass is 79.9. The van der Waals surface area contributed by atoms with Crippen molar-refractivity contribution in [2.24, 2.45) is 5.92 Å². The van der Waals surface area contributed by atoms with Crippen LogP contribution in [0.15, 0.2) is 47.2 Å². The molecule has 2 amide bonds. The van der Waals surface area contributed by atoms with Crippen molar-refractivity contribution in [2.75, 3.05) is 44.5 Å². The second-order valence-electron chi connectivity index (χ2n) is 7.89. The van der Waals surface area contributed by atoms with Gasteiger partial charge in [-0.2, -0.15) is 0 Å². The van der Waals surface area contributed by atoms with Crippen LogP contribution in [-0.2, 0) is 0 Å². The quantitative estimate of drug-likeness (QED) is 0.507. The summed E-state index contributed by atoms with van der Waals surface area (Å²) in [4.78, 5) is 23.4. The van der Waals surface area contributed by atoms with E-state index in [9.17, 15) is 4.79 Å². The number of hydrogen-bond donors (Lipinski definition) is 2. The van der Waals surface area contributed by atoms with Crippen molar-refractivity contribution in [1.29, 1.82) is 0 Å². The van der Waals surface area contributed by atoms with Crippen LogP contribution in [0.25, 0.3) is 10.9 Å². The fourth-order valence-corrected chi connectivity index (χ4v) is 3.94. The van der Waals surface area contributed by atoms with Crippen molar-refractivity contribution < 1.29 is 14.3 Å². The highest BCUT2D eigenvalue weighted by Gasteiger charge is 2.19. The SMILES string of the molecule is COc1cc2c(NC(=O)Nc3ccc(Br)cc3)ncnc2cc1OCC1CCN(C)CC1. The van der Waals surface area contributed by atoms with Gasteiger partial charge in [-0.15, -0.1) is 0 Å². The molecule has 2 heterocycles. The fourth-order valence-electron chi connectivity index (χ4n) is 3.68. The summed E-state index contributed by atoms with van der Waals surface area (Å²) < 4.78 is 12.6. The number of nitrogens with one attached hydrogen (secondary N) is 2. The molecule has 0 saturated carbocycles. The molecule has 168 valence electrons. The Kier molecular flexibility index (Phi) is 7.06. The number of fused-ring (bicyclic) bond motifs is 1. The molecule has 0 bridgehead atoms. The Morgan fingerprint density at radius 3 is 2.59 bits per heavy atom. The molecule has 1 aliphatic heterocycles. The van der Waals surface area contributed by atoms with Gasteiger partial charge >= 0.3 is 6.03 Å². The Morgan fingerprint density at radius 1 is 1.12 bits per heavy atom. The number of rotatable bonds is 6. The number of methoxy groups -OCH3 is 1. The van der Waals surface area contributed by atoms with Crippen LogP contribution in [0, 0.1) is 5.92 Å². The Morgan fingerprint density at radius 2 is 1.88 bits per heavy atom. The minimum absolute atomic E-state index is 0.393. The number of carbonyl (C=O) groups excluding carboxylic acids is 1. The zero-order valence-electron chi connectivity index (χ0n) is 18.1. The van der Waals surface area contributed by atoms with E-state index >= 15 is 0 Å². The molecule has 3 aromatic rings. The molecule has 32 heavy (non-hydrogen) atoms. The third kappa shape index (κ3) is 5.46. The summed E-state index contributed by atoms with van der Waals surface area (Å²) in [5.41, 5.74) is 1.34. The third-order valence-corrected chi connectivity index (χ3v) is 6.10. The first-order valence-corrected chi connectivity index (χ1v) is 11.3. The predicted molar refractivity (Wildman–Crippen MR) is 129 cm³/mol. The summed E-state index contributed by atoms with van der Waals surface area (Å²) in [7, 11) is 3.74. The van der Waals surface area contributed by atoms with Crippen LogP contribution < -0.4 is 20.1 Å². The van der Waals surface area contributed by atoms with Crippen LogP contribution in [0.2, 0.25) is 0 Å². The van der Waals surface area contributed by atoms with E-state index in [-0.39, 0.29) is 0 Å². The first-order valence-electron chi connectivity index (χ1n) is 10.5. The number of hydrogen-bond acceptors (Lipinski definition) is 6. The largest absolute Gasteiger partial charge is 0.493 e. The lowest BCUT2D eigenvalue weighted by Gasteiger charge is -2.28. The molecule has 8 nitrogen and oxygen atoms in total. The zero-order valence-corrected chi connectivity index (χ0v) is 19.7. The number of anilines is 2. The smallest absolute Gasteiger partial charge is 0.324 e. The predicted octanol–water partition coefficient (Wildman–Crippen LogP) is 4.77. The van der Waals surface area contributed by atoms with Crippen molar-refractivity contribution in [3.05, 3.63) is 47.2 Å². The van der Waals surface area contributed by atoms with E-state index in [1.54, 1.807) is 25.3 Å². The molecule has 0 aliphatic carbocycles. The third-order valence-electron chi connectivity index (χ3n) is 5.57. The van der Waals surface area contributed by atoms with E-state index in [2.05, 4.69) is 48.5 Å². The lowest BCUT2D eigenvalue weighted by molar-refractivity contribution is 0.157. The summed E-state index contributed by atoms with van der Waals surface area (Å²) in [5, 5.41) is 6.25. The lowest BCUT2D eigenvalue weighted by atomic mass is 9.98. The van der Waals surface area contributed by atoms with Crippen LogP contribution in [0.5, 0.6) is 11.5 Å². The van der Waals surface area contributed by atoms with Crippen LogP contribution in [0.1, 0.15) is 12.8 Å². The van der Waals surface area contributed by atoms with Gasteiger partial charge in [0.25, 0.3) is 0 Å². The first kappa shape index (κ1) is 22.3. The van der Waals surface area contributed by atoms with Crippen molar-refractivity contribution in [3.8, 4) is 11.5 Å². The normalized spacial score (nSPS) is 14.8. The van der Waals surface area contributed by atoms with Gasteiger partial charge < -0.3 is 19.7 Å². The number of halogens is 1. The molecule has 0 spiro atoms. The van der Waals surface area contributed by atoms with E-state index in [1.807, 2.05) is 18.2 Å². The molecular weight excluding hydrogens is 474 g/mol. The number of amides is 2. The summed E-state index contributed by atoms with van der Waals surface area (Å²) >= 11 is 3.38. The van der Waals surface area contributed by atoms with Gasteiger partial charge in [0.2, 0.25) is 0 Å². The fraction of sp³-hybridized carbons (Fsp3) is 0.348. The molecule has 2 N–H and O–H groups in total. The van der Waals surface area contributed by atoms with Gasteiger partial charge in [-0.05, 0) is 69.2 Å². The maximum absolute atomic E-state index is 12.5. The topological polar surface area (TPSA) is 88.6 Å². The Hall–Kier alpha value is -2.91. The second-order valence-corrected chi connectivity index (χ2v) is 8.80. The average Bonchev–Trinajstić information content (AvgIpc) is 2.80. The molecule has 1 aliphatic rings. The van der Waals surface area contributed by atoms with E-state index < -0.39 is 6.03 Å². The maximum atomic E-state index is 12.5. The first-order chi connectivity index (χ1) is 15.5. The molecule has 1 aromatic heterocycles. The summed E-state index contributed by atoms with van der Waals surface area (Å²) in [6, 6.07) is 10.6. The molecule has 2 aromatic carbocycles. The lowest BCUT2D eigenvalue weighted by Crippen LogP contribution is -2.32. The monoisotopic (exact) mass is 499 g/mol. The van der Waals surface area contributed by atoms with E-state index in [1.165, 1.54) is 6.33 Å². The number of benzene rings is 2. The van der Waals surface area contributed by atoms with E-state index in [4.69, 9.17) is 9.47 Å². The molecule has 4 rings (SSSR count). The summed E-state index contributed by atoms with van der Waals surface area (Å²) in [5.74, 6) is 2.14. The molecule has 9 heteroatoms. The number of aromatic nitrogens is 2. The van der Waals surface area contributed by atoms with Gasteiger partial charge in [0, 0.05) is 21.6 Å². The molecule has 0 atom stereocenters. The minimum Gasteiger partial charge on any atom is -0.493 e. The summed E-state index contributed by atoms with van der Waals surface area (Å²) in [6.07, 6.45) is 3.66. The highest BCUT2D eigenvalue weighted by molar-refractivity contribution is 9.10. The molecular formula is C23H26BrN5O3. The van der Waals surface area contributed by atoms with Crippen molar-refractivity contribution in [2.45, 2.75) is 12.8 Å². The van der Waals surface area contributed by atoms with Gasteiger partial charge in [0.05, 0.1) is 19.2 Å². The zero-order chi connectivity index (χ0) is 22.5. The maximum Gasteiger partial charge on any atom is 0.324 e. The van der Waals surface area contributed by atoms with Crippen molar-refractivity contribution >= 4 is 44.4 Å². The molecule has 0 radical (unpaired) electrons. The van der Waals surface area contributed by atoms with Crippen LogP contribution in [0.3, 0.4) is 0 Å². The average molecular weight is 500 g/mol. The van der Waals surface area contributed by atoms with E-state index in [0.29, 0.717) is 46.4 Å². The Balaban J connectivity index is 1.49. The standard InChI is InChI=1S/C23H26BrN5O3/c1-29-9-7-15(8-10-29)13-32-21-12-19-18(11-20(21)31-2)22(26-14-25-19)28-23(30)27-17-5-3-16(24)4-6-17/h3-6,11-12,14-15H,7-10,13H2,1-2H3,(H2,25,26,27,28,30). The molecule has 0 unspecified atom stereocenters. The number of ether oxygens (including phenoxy) is 2. The van der Waals surface area contributed by atoms with Crippen LogP contribution in [0.4, 0.5) is 16.3 Å². The molecule has 1 fully saturated rings. The number of nitrogens with zero attached hydrogens (tertiary/aromatic N) is 3. The Bertz CT molecular complexity index is 1080. The van der Waals surface area contributed by atoms with Gasteiger partial charge in [-0.1, -0.05) is 15.9 Å². The van der Waals surface area contributed by atoms with Gasteiger partial charge in [-0.3, -0.25) is 5.32 Å². The van der Waals surface area contributed by atoms with Gasteiger partial charge in [0.15, 0.2) is 11.5 Å². The number of carbonyl (C=O) groups is 1. The number of piperidine rings is 1. The number of urea groups is 1. The van der Waals surface area contributed by atoms with Gasteiger partial charge in [-0.25, -0.2) is 14.8 Å². The van der Waals surface area contributed by atoms with Crippen LogP contribution >= 0.6 is 15.9 Å². The van der Waals surface area contributed by atoms with Crippen molar-refractivity contribution in [3.63, 3.8) is 0 Å². The minimum atomic E-state index is -0.395. The second kappa shape index (κ2) is 10.1. The molecule has 1 saturated heterocycles. The van der Waals surface area contributed by atoms with E-state index in [0.717, 1.165) is 30.4 Å². The van der Waals surface area contributed by atoms with Gasteiger partial charge in [0.1, 0.15) is 12.1 Å².